The van der Waals surface area contributed by atoms with Gasteiger partial charge in [-0.15, -0.1) is 23.1 Å². The number of thioether (sulfide) groups is 1. The minimum Gasteiger partial charge on any atom is -0.298 e. The average molecular weight is 285 g/mol. The van der Waals surface area contributed by atoms with Crippen molar-refractivity contribution in [2.45, 2.75) is 11.1 Å². The first-order valence-corrected chi connectivity index (χ1v) is 7.19. The fraction of sp³-hybridized carbons (Fsp3) is 0.167. The van der Waals surface area contributed by atoms with E-state index in [9.17, 15) is 9.59 Å². The molecule has 0 aliphatic heterocycles. The van der Waals surface area contributed by atoms with E-state index in [1.165, 1.54) is 23.1 Å². The van der Waals surface area contributed by atoms with E-state index in [1.807, 2.05) is 13.0 Å². The second-order valence-electron chi connectivity index (χ2n) is 3.32. The molecular weight excluding hydrogens is 276 g/mol. The molecule has 0 unspecified atom stereocenters. The zero-order valence-corrected chi connectivity index (χ0v) is 11.4. The highest BCUT2D eigenvalue weighted by Crippen LogP contribution is 2.30. The summed E-state index contributed by atoms with van der Waals surface area (Å²) in [5.41, 5.74) is 0.0174. The molecule has 17 heavy (non-hydrogen) atoms. The van der Waals surface area contributed by atoms with Crippen LogP contribution >= 0.6 is 34.7 Å². The second kappa shape index (κ2) is 5.21. The maximum atomic E-state index is 12.1. The zero-order chi connectivity index (χ0) is 12.4. The Morgan fingerprint density at radius 1 is 1.47 bits per heavy atom. The summed E-state index contributed by atoms with van der Waals surface area (Å²) in [6, 6.07) is 5.18. The molecule has 0 amide bonds. The lowest BCUT2D eigenvalue weighted by Crippen LogP contribution is -2.08. The minimum absolute atomic E-state index is 0.229. The van der Waals surface area contributed by atoms with Gasteiger partial charge in [-0.2, -0.15) is 0 Å². The van der Waals surface area contributed by atoms with Crippen LogP contribution in [0.25, 0.3) is 10.1 Å². The molecule has 0 fully saturated rings. The molecule has 1 aromatic carbocycles. The van der Waals surface area contributed by atoms with Crippen molar-refractivity contribution < 1.29 is 4.79 Å². The maximum Gasteiger partial charge on any atom is 0.199 e. The van der Waals surface area contributed by atoms with Crippen molar-refractivity contribution in [3.8, 4) is 0 Å². The van der Waals surface area contributed by atoms with Crippen LogP contribution in [-0.4, -0.2) is 12.0 Å². The molecule has 1 aromatic heterocycles. The van der Waals surface area contributed by atoms with Crippen molar-refractivity contribution in [2.24, 2.45) is 0 Å². The number of benzene rings is 1. The van der Waals surface area contributed by atoms with Gasteiger partial charge in [-0.3, -0.25) is 9.59 Å². The summed E-state index contributed by atoms with van der Waals surface area (Å²) in [5, 5.41) is 1.03. The number of fused-ring (bicyclic) bond motifs is 1. The molecule has 88 valence electrons. The summed E-state index contributed by atoms with van der Waals surface area (Å²) in [7, 11) is 0. The molecule has 0 N–H and O–H groups in total. The van der Waals surface area contributed by atoms with E-state index in [-0.39, 0.29) is 11.0 Å². The number of hydrogen-bond acceptors (Lipinski definition) is 4. The third kappa shape index (κ3) is 2.39. The second-order valence-corrected chi connectivity index (χ2v) is 6.34. The van der Waals surface area contributed by atoms with E-state index in [2.05, 4.69) is 0 Å². The monoisotopic (exact) mass is 284 g/mol. The van der Waals surface area contributed by atoms with Gasteiger partial charge in [0.1, 0.15) is 0 Å². The Hall–Kier alpha value is -0.840. The summed E-state index contributed by atoms with van der Waals surface area (Å²) in [6.07, 6.45) is 0.636. The zero-order valence-electron chi connectivity index (χ0n) is 9.03. The topological polar surface area (TPSA) is 34.1 Å². The molecule has 0 spiro atoms. The number of carbonyl (C=O) groups excluding carboxylic acids is 1. The smallest absolute Gasteiger partial charge is 0.199 e. The van der Waals surface area contributed by atoms with Crippen LogP contribution in [0.3, 0.4) is 0 Å². The molecule has 1 heterocycles. The summed E-state index contributed by atoms with van der Waals surface area (Å²) >= 11 is 8.83. The van der Waals surface area contributed by atoms with E-state index < -0.39 is 0 Å². The third-order valence-electron chi connectivity index (χ3n) is 2.25. The van der Waals surface area contributed by atoms with Crippen molar-refractivity contribution >= 4 is 51.1 Å². The number of rotatable bonds is 3. The Kier molecular flexibility index (Phi) is 3.86. The predicted octanol–water partition coefficient (Wildman–Crippen LogP) is 3.84. The first kappa shape index (κ1) is 12.6. The number of carbonyl (C=O) groups is 1. The van der Waals surface area contributed by atoms with E-state index in [4.69, 9.17) is 11.6 Å². The van der Waals surface area contributed by atoms with Gasteiger partial charge < -0.3 is 0 Å². The highest BCUT2D eigenvalue weighted by atomic mass is 35.5. The molecule has 0 saturated heterocycles. The lowest BCUT2D eigenvalue weighted by atomic mass is 10.2. The average Bonchev–Trinajstić information content (AvgIpc) is 2.31. The molecule has 0 aliphatic rings. The van der Waals surface area contributed by atoms with Crippen LogP contribution in [0, 0.1) is 0 Å². The van der Waals surface area contributed by atoms with E-state index >= 15 is 0 Å². The fourth-order valence-corrected chi connectivity index (χ4v) is 3.94. The largest absolute Gasteiger partial charge is 0.298 e. The molecule has 2 nitrogen and oxygen atoms in total. The molecule has 0 atom stereocenters. The Bertz CT molecular complexity index is 634. The van der Waals surface area contributed by atoms with Crippen LogP contribution in [0.2, 0.25) is 5.02 Å². The maximum absolute atomic E-state index is 12.1. The van der Waals surface area contributed by atoms with Gasteiger partial charge in [0.25, 0.3) is 0 Å². The standard InChI is InChI=1S/C12H9ClO2S2/c1-2-16-12-9(6-14)11(15)8-5-7(13)3-4-10(8)17-12/h3-6H,2H2,1H3. The molecule has 0 radical (unpaired) electrons. The van der Waals surface area contributed by atoms with Gasteiger partial charge in [-0.05, 0) is 24.0 Å². The van der Waals surface area contributed by atoms with E-state index in [0.717, 1.165) is 14.7 Å². The summed E-state index contributed by atoms with van der Waals surface area (Å²) < 4.78 is 1.64. The van der Waals surface area contributed by atoms with Gasteiger partial charge in [0.2, 0.25) is 0 Å². The van der Waals surface area contributed by atoms with Crippen molar-refractivity contribution in [3.63, 3.8) is 0 Å². The Balaban J connectivity index is 2.83. The van der Waals surface area contributed by atoms with Crippen LogP contribution in [0.15, 0.2) is 27.2 Å². The molecule has 2 rings (SSSR count). The predicted molar refractivity (Wildman–Crippen MR) is 74.9 cm³/mol. The van der Waals surface area contributed by atoms with Gasteiger partial charge in [-0.1, -0.05) is 18.5 Å². The molecule has 0 bridgehead atoms. The third-order valence-corrected chi connectivity index (χ3v) is 4.84. The van der Waals surface area contributed by atoms with E-state index in [0.29, 0.717) is 16.7 Å². The van der Waals surface area contributed by atoms with Gasteiger partial charge in [-0.25, -0.2) is 0 Å². The first-order valence-electron chi connectivity index (χ1n) is 5.01. The summed E-state index contributed by atoms with van der Waals surface area (Å²) in [4.78, 5) is 23.1. The van der Waals surface area contributed by atoms with Gasteiger partial charge in [0.15, 0.2) is 11.7 Å². The normalized spacial score (nSPS) is 10.7. The summed E-state index contributed by atoms with van der Waals surface area (Å²) in [6.45, 7) is 1.99. The van der Waals surface area contributed by atoms with Crippen molar-refractivity contribution in [1.82, 2.24) is 0 Å². The van der Waals surface area contributed by atoms with Crippen LogP contribution in [0.4, 0.5) is 0 Å². The highest BCUT2D eigenvalue weighted by molar-refractivity contribution is 8.01. The highest BCUT2D eigenvalue weighted by Gasteiger charge is 2.12. The molecule has 2 aromatic rings. The molecule has 5 heteroatoms. The van der Waals surface area contributed by atoms with E-state index in [1.54, 1.807) is 12.1 Å². The lowest BCUT2D eigenvalue weighted by molar-refractivity contribution is 0.112. The summed E-state index contributed by atoms with van der Waals surface area (Å²) in [5.74, 6) is 0.829. The van der Waals surface area contributed by atoms with Crippen molar-refractivity contribution in [1.29, 1.82) is 0 Å². The Morgan fingerprint density at radius 2 is 2.24 bits per heavy atom. The SMILES string of the molecule is CCSc1sc2ccc(Cl)cc2c(=O)c1C=O. The quantitative estimate of drug-likeness (QED) is 0.634. The minimum atomic E-state index is -0.229. The van der Waals surface area contributed by atoms with Crippen LogP contribution < -0.4 is 5.43 Å². The Labute approximate surface area is 112 Å². The lowest BCUT2D eigenvalue weighted by Gasteiger charge is -2.04. The van der Waals surface area contributed by atoms with Gasteiger partial charge >= 0.3 is 0 Å². The van der Waals surface area contributed by atoms with Crippen molar-refractivity contribution in [3.05, 3.63) is 39.0 Å². The van der Waals surface area contributed by atoms with Crippen LogP contribution in [-0.2, 0) is 0 Å². The number of hydrogen-bond donors (Lipinski definition) is 0. The number of halogens is 1. The van der Waals surface area contributed by atoms with Crippen LogP contribution in [0.5, 0.6) is 0 Å². The Morgan fingerprint density at radius 3 is 2.88 bits per heavy atom. The van der Waals surface area contributed by atoms with Gasteiger partial charge in [0, 0.05) is 15.1 Å². The molecular formula is C12H9ClO2S2. The van der Waals surface area contributed by atoms with Gasteiger partial charge in [0.05, 0.1) is 9.77 Å². The van der Waals surface area contributed by atoms with Crippen molar-refractivity contribution in [2.75, 3.05) is 5.75 Å². The number of aldehydes is 1. The first-order chi connectivity index (χ1) is 8.17. The molecule has 0 saturated carbocycles. The molecule has 0 aliphatic carbocycles. The van der Waals surface area contributed by atoms with Crippen LogP contribution in [0.1, 0.15) is 17.3 Å². The fourth-order valence-electron chi connectivity index (χ4n) is 1.50.